The molecule has 4 heteroatoms. The second kappa shape index (κ2) is 6.36. The zero-order chi connectivity index (χ0) is 13.7. The fourth-order valence-corrected chi connectivity index (χ4v) is 2.44. The van der Waals surface area contributed by atoms with E-state index in [1.54, 1.807) is 6.20 Å². The minimum absolute atomic E-state index is 0.237. The highest BCUT2D eigenvalue weighted by atomic mass is 16.2. The first kappa shape index (κ1) is 13.6. The molecule has 1 aliphatic rings. The van der Waals surface area contributed by atoms with Crippen LogP contribution in [0.15, 0.2) is 30.1 Å². The zero-order valence-electron chi connectivity index (χ0n) is 11.6. The van der Waals surface area contributed by atoms with Crippen molar-refractivity contribution in [1.29, 1.82) is 0 Å². The molecule has 1 aromatic rings. The molecule has 0 spiro atoms. The van der Waals surface area contributed by atoms with Gasteiger partial charge in [0, 0.05) is 12.4 Å². The van der Waals surface area contributed by atoms with E-state index in [9.17, 15) is 4.79 Å². The van der Waals surface area contributed by atoms with Gasteiger partial charge in [-0.2, -0.15) is 0 Å². The lowest BCUT2D eigenvalue weighted by molar-refractivity contribution is 0.255. The molecule has 0 radical (unpaired) electrons. The summed E-state index contributed by atoms with van der Waals surface area (Å²) in [5, 5.41) is 5.53. The van der Waals surface area contributed by atoms with Gasteiger partial charge in [0.1, 0.15) is 5.82 Å². The Balaban J connectivity index is 1.87. The summed E-state index contributed by atoms with van der Waals surface area (Å²) in [6.07, 6.45) is 8.58. The molecule has 102 valence electrons. The monoisotopic (exact) mass is 259 g/mol. The average Bonchev–Trinajstić information content (AvgIpc) is 2.93. The molecule has 0 bridgehead atoms. The number of pyridine rings is 1. The zero-order valence-corrected chi connectivity index (χ0v) is 11.6. The highest BCUT2D eigenvalue weighted by Gasteiger charge is 2.16. The van der Waals surface area contributed by atoms with E-state index < -0.39 is 0 Å². The van der Waals surface area contributed by atoms with Gasteiger partial charge in [-0.1, -0.05) is 24.5 Å². The Kier molecular flexibility index (Phi) is 4.55. The number of nitrogens with zero attached hydrogens (tertiary/aromatic N) is 1. The molecule has 1 fully saturated rings. The Labute approximate surface area is 114 Å². The molecule has 2 rings (SSSR count). The van der Waals surface area contributed by atoms with Crippen molar-refractivity contribution >= 4 is 11.8 Å². The topological polar surface area (TPSA) is 54.0 Å². The number of carbonyl (C=O) groups is 1. The number of amides is 2. The standard InChI is InChI=1S/C15H21N3O/c1-11-6-5-9-16-14(11)18-15(19)17-10-12(2)13-7-3-4-8-13/h5-6,9-10,13H,3-4,7-8H2,1-2H3,(H2,16,17,18,19)/b12-10+. The number of hydrogen-bond donors (Lipinski definition) is 2. The first-order valence-corrected chi connectivity index (χ1v) is 6.82. The molecular formula is C15H21N3O. The Bertz CT molecular complexity index is 476. The van der Waals surface area contributed by atoms with Gasteiger partial charge >= 0.3 is 6.03 Å². The molecule has 1 aromatic heterocycles. The molecule has 1 aliphatic carbocycles. The number of aryl methyl sites for hydroxylation is 1. The van der Waals surface area contributed by atoms with Gasteiger partial charge in [-0.15, -0.1) is 0 Å². The highest BCUT2D eigenvalue weighted by Crippen LogP contribution is 2.30. The summed E-state index contributed by atoms with van der Waals surface area (Å²) in [6.45, 7) is 4.00. The molecule has 0 unspecified atom stereocenters. The second-order valence-corrected chi connectivity index (χ2v) is 5.14. The Hall–Kier alpha value is -1.84. The van der Waals surface area contributed by atoms with Crippen LogP contribution in [0.1, 0.15) is 38.2 Å². The number of urea groups is 1. The van der Waals surface area contributed by atoms with Gasteiger partial charge in [-0.05, 0) is 44.2 Å². The summed E-state index contributed by atoms with van der Waals surface area (Å²) < 4.78 is 0. The summed E-state index contributed by atoms with van der Waals surface area (Å²) >= 11 is 0. The van der Waals surface area contributed by atoms with Crippen molar-refractivity contribution < 1.29 is 4.79 Å². The molecule has 1 heterocycles. The van der Waals surface area contributed by atoms with Crippen LogP contribution in [0.2, 0.25) is 0 Å². The molecule has 1 saturated carbocycles. The third-order valence-electron chi connectivity index (χ3n) is 3.67. The second-order valence-electron chi connectivity index (χ2n) is 5.14. The van der Waals surface area contributed by atoms with Crippen molar-refractivity contribution in [3.05, 3.63) is 35.7 Å². The Morgan fingerprint density at radius 1 is 1.42 bits per heavy atom. The minimum Gasteiger partial charge on any atom is -0.314 e. The van der Waals surface area contributed by atoms with Gasteiger partial charge in [0.25, 0.3) is 0 Å². The quantitative estimate of drug-likeness (QED) is 0.871. The SMILES string of the molecule is C/C(=C\NC(=O)Nc1ncccc1C)C1CCCC1. The fraction of sp³-hybridized carbons (Fsp3) is 0.467. The Morgan fingerprint density at radius 3 is 2.84 bits per heavy atom. The lowest BCUT2D eigenvalue weighted by Gasteiger charge is -2.10. The maximum atomic E-state index is 11.8. The van der Waals surface area contributed by atoms with Crippen LogP contribution < -0.4 is 10.6 Å². The summed E-state index contributed by atoms with van der Waals surface area (Å²) in [5.74, 6) is 1.24. The van der Waals surface area contributed by atoms with Gasteiger partial charge in [-0.3, -0.25) is 5.32 Å². The van der Waals surface area contributed by atoms with Crippen molar-refractivity contribution in [2.75, 3.05) is 5.32 Å². The van der Waals surface area contributed by atoms with Crippen LogP contribution in [0.4, 0.5) is 10.6 Å². The third-order valence-corrected chi connectivity index (χ3v) is 3.67. The van der Waals surface area contributed by atoms with E-state index in [-0.39, 0.29) is 6.03 Å². The van der Waals surface area contributed by atoms with E-state index in [1.165, 1.54) is 31.3 Å². The van der Waals surface area contributed by atoms with Crippen LogP contribution in [-0.2, 0) is 0 Å². The van der Waals surface area contributed by atoms with Crippen molar-refractivity contribution in [3.8, 4) is 0 Å². The van der Waals surface area contributed by atoms with Crippen LogP contribution in [0, 0.1) is 12.8 Å². The minimum atomic E-state index is -0.237. The molecule has 2 amide bonds. The van der Waals surface area contributed by atoms with Crippen LogP contribution in [0.5, 0.6) is 0 Å². The van der Waals surface area contributed by atoms with E-state index in [4.69, 9.17) is 0 Å². The summed E-state index contributed by atoms with van der Waals surface area (Å²) in [7, 11) is 0. The van der Waals surface area contributed by atoms with Crippen molar-refractivity contribution in [1.82, 2.24) is 10.3 Å². The van der Waals surface area contributed by atoms with Gasteiger partial charge in [0.2, 0.25) is 0 Å². The number of anilines is 1. The van der Waals surface area contributed by atoms with E-state index in [2.05, 4.69) is 22.5 Å². The van der Waals surface area contributed by atoms with Crippen molar-refractivity contribution in [3.63, 3.8) is 0 Å². The molecular weight excluding hydrogens is 238 g/mol. The molecule has 0 aromatic carbocycles. The van der Waals surface area contributed by atoms with Gasteiger partial charge in [0.15, 0.2) is 0 Å². The third kappa shape index (κ3) is 3.81. The molecule has 0 atom stereocenters. The number of aromatic nitrogens is 1. The maximum Gasteiger partial charge on any atom is 0.324 e. The normalized spacial score (nSPS) is 16.4. The first-order valence-electron chi connectivity index (χ1n) is 6.82. The number of nitrogens with one attached hydrogen (secondary N) is 2. The fourth-order valence-electron chi connectivity index (χ4n) is 2.44. The summed E-state index contributed by atoms with van der Waals surface area (Å²) in [4.78, 5) is 15.9. The van der Waals surface area contributed by atoms with Gasteiger partial charge in [-0.25, -0.2) is 9.78 Å². The number of rotatable bonds is 3. The number of allylic oxidation sites excluding steroid dienone is 1. The van der Waals surface area contributed by atoms with Gasteiger partial charge < -0.3 is 5.32 Å². The van der Waals surface area contributed by atoms with E-state index in [1.807, 2.05) is 25.3 Å². The van der Waals surface area contributed by atoms with E-state index >= 15 is 0 Å². The average molecular weight is 259 g/mol. The summed E-state index contributed by atoms with van der Waals surface area (Å²) in [5.41, 5.74) is 2.21. The first-order chi connectivity index (χ1) is 9.16. The van der Waals surface area contributed by atoms with E-state index in [0.29, 0.717) is 11.7 Å². The van der Waals surface area contributed by atoms with Crippen molar-refractivity contribution in [2.24, 2.45) is 5.92 Å². The van der Waals surface area contributed by atoms with E-state index in [0.717, 1.165) is 5.56 Å². The predicted octanol–water partition coefficient (Wildman–Crippen LogP) is 3.61. The number of hydrogen-bond acceptors (Lipinski definition) is 2. The molecule has 0 aliphatic heterocycles. The van der Waals surface area contributed by atoms with Gasteiger partial charge in [0.05, 0.1) is 0 Å². The molecule has 4 nitrogen and oxygen atoms in total. The van der Waals surface area contributed by atoms with Crippen molar-refractivity contribution in [2.45, 2.75) is 39.5 Å². The lowest BCUT2D eigenvalue weighted by Crippen LogP contribution is -2.25. The predicted molar refractivity (Wildman–Crippen MR) is 76.8 cm³/mol. The maximum absolute atomic E-state index is 11.8. The van der Waals surface area contributed by atoms with Crippen LogP contribution in [0.3, 0.4) is 0 Å². The van der Waals surface area contributed by atoms with Crippen LogP contribution in [-0.4, -0.2) is 11.0 Å². The largest absolute Gasteiger partial charge is 0.324 e. The van der Waals surface area contributed by atoms with Crippen LogP contribution >= 0.6 is 0 Å². The highest BCUT2D eigenvalue weighted by molar-refractivity contribution is 5.89. The summed E-state index contributed by atoms with van der Waals surface area (Å²) in [6, 6.07) is 3.53. The number of carbonyl (C=O) groups excluding carboxylic acids is 1. The van der Waals surface area contributed by atoms with Crippen LogP contribution in [0.25, 0.3) is 0 Å². The lowest BCUT2D eigenvalue weighted by atomic mass is 10.0. The molecule has 0 saturated heterocycles. The molecule has 19 heavy (non-hydrogen) atoms. The Morgan fingerprint density at radius 2 is 2.16 bits per heavy atom. The smallest absolute Gasteiger partial charge is 0.314 e. The molecule has 2 N–H and O–H groups in total.